The average Bonchev–Trinajstić information content (AvgIpc) is 3.05. The molecule has 0 radical (unpaired) electrons. The van der Waals surface area contributed by atoms with Gasteiger partial charge in [-0.25, -0.2) is 0 Å². The molecule has 1 aromatic rings. The van der Waals surface area contributed by atoms with Crippen molar-refractivity contribution in [3.63, 3.8) is 0 Å². The molecule has 0 amide bonds. The van der Waals surface area contributed by atoms with Crippen LogP contribution in [-0.2, 0) is 0 Å². The highest BCUT2D eigenvalue weighted by molar-refractivity contribution is 5.72. The maximum Gasteiger partial charge on any atom is 0.0343 e. The van der Waals surface area contributed by atoms with Gasteiger partial charge in [0, 0.05) is 18.4 Å². The standard InChI is InChI=1S/C26H38N2/c1-25-13-11-20(28(3)4)16-19(25)7-8-21-23-10-9-22(18-6-5-15-27-17-18)26(23,2)14-12-24(21)25/h5-6,9,15,17,19-21,23-24H,7-8,10-14,16H2,1-4H3. The molecule has 2 nitrogen and oxygen atoms in total. The van der Waals surface area contributed by atoms with Gasteiger partial charge in [-0.05, 0) is 117 Å². The van der Waals surface area contributed by atoms with Crippen LogP contribution in [0.5, 0.6) is 0 Å². The van der Waals surface area contributed by atoms with E-state index in [-0.39, 0.29) is 0 Å². The van der Waals surface area contributed by atoms with Crippen molar-refractivity contribution >= 4 is 5.57 Å². The van der Waals surface area contributed by atoms with Crippen molar-refractivity contribution in [3.8, 4) is 0 Å². The lowest BCUT2D eigenvalue weighted by molar-refractivity contribution is -0.106. The summed E-state index contributed by atoms with van der Waals surface area (Å²) in [4.78, 5) is 6.91. The van der Waals surface area contributed by atoms with Gasteiger partial charge in [0.05, 0.1) is 0 Å². The Labute approximate surface area is 171 Å². The van der Waals surface area contributed by atoms with Crippen molar-refractivity contribution in [1.82, 2.24) is 9.88 Å². The van der Waals surface area contributed by atoms with Crippen molar-refractivity contribution in [1.29, 1.82) is 0 Å². The summed E-state index contributed by atoms with van der Waals surface area (Å²) in [6, 6.07) is 5.20. The lowest BCUT2D eigenvalue weighted by Crippen LogP contribution is -2.54. The molecule has 0 bridgehead atoms. The molecular weight excluding hydrogens is 340 g/mol. The molecule has 1 aromatic heterocycles. The SMILES string of the molecule is CN(C)C1CCC2(C)C(CCC3C4CC=C(c5cccnc5)C4(C)CCC32)C1. The van der Waals surface area contributed by atoms with E-state index in [2.05, 4.69) is 62.2 Å². The summed E-state index contributed by atoms with van der Waals surface area (Å²) in [5, 5.41) is 0. The highest BCUT2D eigenvalue weighted by atomic mass is 15.1. The fourth-order valence-corrected chi connectivity index (χ4v) is 8.24. The predicted molar refractivity (Wildman–Crippen MR) is 117 cm³/mol. The van der Waals surface area contributed by atoms with E-state index in [1.165, 1.54) is 56.9 Å². The molecule has 3 saturated carbocycles. The Kier molecular flexibility index (Phi) is 4.50. The van der Waals surface area contributed by atoms with Gasteiger partial charge < -0.3 is 4.90 Å². The predicted octanol–water partition coefficient (Wildman–Crippen LogP) is 6.05. The minimum atomic E-state index is 0.369. The number of rotatable bonds is 2. The van der Waals surface area contributed by atoms with Crippen LogP contribution in [-0.4, -0.2) is 30.0 Å². The molecule has 1 heterocycles. The number of pyridine rings is 1. The highest BCUT2D eigenvalue weighted by Gasteiger charge is 2.58. The molecule has 0 saturated heterocycles. The van der Waals surface area contributed by atoms with Gasteiger partial charge in [0.15, 0.2) is 0 Å². The van der Waals surface area contributed by atoms with Crippen LogP contribution >= 0.6 is 0 Å². The number of aromatic nitrogens is 1. The molecule has 4 aliphatic carbocycles. The highest BCUT2D eigenvalue weighted by Crippen LogP contribution is 2.67. The first-order valence-electron chi connectivity index (χ1n) is 11.7. The number of hydrogen-bond donors (Lipinski definition) is 0. The number of fused-ring (bicyclic) bond motifs is 5. The molecule has 0 spiro atoms. The quantitative estimate of drug-likeness (QED) is 0.623. The minimum Gasteiger partial charge on any atom is -0.306 e. The second-order valence-electron chi connectivity index (χ2n) is 11.1. The van der Waals surface area contributed by atoms with Crippen LogP contribution in [0.4, 0.5) is 0 Å². The van der Waals surface area contributed by atoms with Crippen LogP contribution in [0.3, 0.4) is 0 Å². The van der Waals surface area contributed by atoms with E-state index in [0.717, 1.165) is 29.7 Å². The fraction of sp³-hybridized carbons (Fsp3) is 0.731. The smallest absolute Gasteiger partial charge is 0.0343 e. The van der Waals surface area contributed by atoms with E-state index < -0.39 is 0 Å². The molecular formula is C26H38N2. The first-order chi connectivity index (χ1) is 13.4. The summed E-state index contributed by atoms with van der Waals surface area (Å²) >= 11 is 0. The molecule has 152 valence electrons. The zero-order chi connectivity index (χ0) is 19.5. The first-order valence-corrected chi connectivity index (χ1v) is 11.7. The average molecular weight is 379 g/mol. The summed E-state index contributed by atoms with van der Waals surface area (Å²) in [5.41, 5.74) is 3.94. The van der Waals surface area contributed by atoms with Gasteiger partial charge in [0.2, 0.25) is 0 Å². The van der Waals surface area contributed by atoms with Gasteiger partial charge in [-0.1, -0.05) is 26.0 Å². The van der Waals surface area contributed by atoms with E-state index in [1.54, 1.807) is 5.57 Å². The molecule has 0 N–H and O–H groups in total. The monoisotopic (exact) mass is 378 g/mol. The van der Waals surface area contributed by atoms with E-state index in [4.69, 9.17) is 0 Å². The second-order valence-corrected chi connectivity index (χ2v) is 11.1. The van der Waals surface area contributed by atoms with Gasteiger partial charge in [0.1, 0.15) is 0 Å². The summed E-state index contributed by atoms with van der Waals surface area (Å²) in [7, 11) is 4.57. The third-order valence-corrected chi connectivity index (χ3v) is 9.92. The minimum absolute atomic E-state index is 0.369. The van der Waals surface area contributed by atoms with E-state index in [9.17, 15) is 0 Å². The molecule has 5 rings (SSSR count). The molecule has 7 atom stereocenters. The van der Waals surface area contributed by atoms with Crippen molar-refractivity contribution in [3.05, 3.63) is 36.2 Å². The van der Waals surface area contributed by atoms with E-state index in [1.807, 2.05) is 6.20 Å². The maximum absolute atomic E-state index is 4.42. The summed E-state index contributed by atoms with van der Waals surface area (Å²) in [6.45, 7) is 5.27. The van der Waals surface area contributed by atoms with E-state index in [0.29, 0.717) is 10.8 Å². The molecule has 3 fully saturated rings. The Morgan fingerprint density at radius 3 is 2.64 bits per heavy atom. The Bertz CT molecular complexity index is 753. The molecule has 0 aliphatic heterocycles. The molecule has 2 heteroatoms. The van der Waals surface area contributed by atoms with Crippen LogP contribution < -0.4 is 0 Å². The van der Waals surface area contributed by atoms with Gasteiger partial charge in [0.25, 0.3) is 0 Å². The van der Waals surface area contributed by atoms with Crippen molar-refractivity contribution in [2.45, 2.75) is 71.3 Å². The molecule has 28 heavy (non-hydrogen) atoms. The third-order valence-electron chi connectivity index (χ3n) is 9.92. The van der Waals surface area contributed by atoms with Crippen LogP contribution in [0.2, 0.25) is 0 Å². The van der Waals surface area contributed by atoms with E-state index >= 15 is 0 Å². The summed E-state index contributed by atoms with van der Waals surface area (Å²) in [6.07, 6.45) is 17.9. The Hall–Kier alpha value is -1.15. The van der Waals surface area contributed by atoms with Crippen LogP contribution in [0, 0.1) is 34.5 Å². The zero-order valence-corrected chi connectivity index (χ0v) is 18.3. The van der Waals surface area contributed by atoms with Gasteiger partial charge in [-0.15, -0.1) is 0 Å². The topological polar surface area (TPSA) is 16.1 Å². The first kappa shape index (κ1) is 18.9. The third kappa shape index (κ3) is 2.66. The molecule has 7 unspecified atom stereocenters. The van der Waals surface area contributed by atoms with Gasteiger partial charge in [-0.2, -0.15) is 0 Å². The maximum atomic E-state index is 4.42. The lowest BCUT2D eigenvalue weighted by Gasteiger charge is -2.61. The number of hydrogen-bond acceptors (Lipinski definition) is 2. The van der Waals surface area contributed by atoms with Gasteiger partial charge in [-0.3, -0.25) is 4.98 Å². The normalized spacial score (nSPS) is 45.2. The van der Waals surface area contributed by atoms with Crippen molar-refractivity contribution in [2.24, 2.45) is 34.5 Å². The van der Waals surface area contributed by atoms with Gasteiger partial charge >= 0.3 is 0 Å². The number of nitrogens with zero attached hydrogens (tertiary/aromatic N) is 2. The summed E-state index contributed by atoms with van der Waals surface area (Å²) < 4.78 is 0. The van der Waals surface area contributed by atoms with Crippen LogP contribution in [0.25, 0.3) is 5.57 Å². The fourth-order valence-electron chi connectivity index (χ4n) is 8.24. The zero-order valence-electron chi connectivity index (χ0n) is 18.3. The molecule has 4 aliphatic rings. The lowest BCUT2D eigenvalue weighted by atomic mass is 9.44. The van der Waals surface area contributed by atoms with Crippen molar-refractivity contribution < 1.29 is 0 Å². The number of allylic oxidation sites excluding steroid dienone is 2. The van der Waals surface area contributed by atoms with Crippen molar-refractivity contribution in [2.75, 3.05) is 14.1 Å². The second kappa shape index (κ2) is 6.69. The van der Waals surface area contributed by atoms with Crippen LogP contribution in [0.1, 0.15) is 70.8 Å². The van der Waals surface area contributed by atoms with Crippen LogP contribution in [0.15, 0.2) is 30.6 Å². The Morgan fingerprint density at radius 2 is 1.89 bits per heavy atom. The Balaban J connectivity index is 1.40. The largest absolute Gasteiger partial charge is 0.306 e. The summed E-state index contributed by atoms with van der Waals surface area (Å²) in [5.74, 6) is 3.69. The Morgan fingerprint density at radius 1 is 1.04 bits per heavy atom. The molecule has 0 aromatic carbocycles.